The third-order valence-corrected chi connectivity index (χ3v) is 7.41. The van der Waals surface area contributed by atoms with E-state index in [-0.39, 0.29) is 36.7 Å². The van der Waals surface area contributed by atoms with Gasteiger partial charge in [0.2, 0.25) is 17.7 Å². The number of benzene rings is 1. The van der Waals surface area contributed by atoms with Gasteiger partial charge in [0.05, 0.1) is 18.6 Å². The number of amides is 3. The SMILES string of the molecule is COc1ccc(C2(CC(=O)N(CC3CC3)CC3CCCO3)CC(=O)N(CCC(C)C)C2=O)cc1. The Bertz CT molecular complexity index is 889. The molecule has 0 aromatic heterocycles. The summed E-state index contributed by atoms with van der Waals surface area (Å²) in [6, 6.07) is 7.25. The fourth-order valence-corrected chi connectivity index (χ4v) is 5.08. The normalized spacial score (nSPS) is 24.8. The van der Waals surface area contributed by atoms with E-state index in [1.807, 2.05) is 17.0 Å². The molecule has 0 N–H and O–H groups in total. The predicted molar refractivity (Wildman–Crippen MR) is 128 cm³/mol. The zero-order chi connectivity index (χ0) is 24.3. The molecule has 3 aliphatic rings. The quantitative estimate of drug-likeness (QED) is 0.463. The Kier molecular flexibility index (Phi) is 7.60. The van der Waals surface area contributed by atoms with E-state index in [1.165, 1.54) is 4.90 Å². The smallest absolute Gasteiger partial charge is 0.240 e. The first kappa shape index (κ1) is 24.7. The van der Waals surface area contributed by atoms with Crippen LogP contribution in [0.15, 0.2) is 24.3 Å². The van der Waals surface area contributed by atoms with Gasteiger partial charge in [0.25, 0.3) is 0 Å². The first-order valence-corrected chi connectivity index (χ1v) is 12.7. The van der Waals surface area contributed by atoms with E-state index in [4.69, 9.17) is 9.47 Å². The fraction of sp³-hybridized carbons (Fsp3) is 0.667. The van der Waals surface area contributed by atoms with Crippen molar-refractivity contribution < 1.29 is 23.9 Å². The number of methoxy groups -OCH3 is 1. The second-order valence-electron chi connectivity index (χ2n) is 10.6. The summed E-state index contributed by atoms with van der Waals surface area (Å²) in [5.41, 5.74) is -0.467. The highest BCUT2D eigenvalue weighted by molar-refractivity contribution is 6.10. The molecule has 2 aliphatic heterocycles. The molecule has 2 heterocycles. The third-order valence-electron chi connectivity index (χ3n) is 7.41. The molecule has 7 heteroatoms. The van der Waals surface area contributed by atoms with Crippen LogP contribution in [-0.4, -0.2) is 67.0 Å². The predicted octanol–water partition coefficient (Wildman–Crippen LogP) is 3.55. The third kappa shape index (κ3) is 5.45. The Balaban J connectivity index is 1.61. The number of rotatable bonds is 11. The molecule has 1 saturated carbocycles. The molecule has 0 bridgehead atoms. The molecular formula is C27H38N2O5. The minimum Gasteiger partial charge on any atom is -0.497 e. The summed E-state index contributed by atoms with van der Waals surface area (Å²) in [6.07, 6.45) is 5.08. The lowest BCUT2D eigenvalue weighted by Gasteiger charge is -2.32. The van der Waals surface area contributed by atoms with Crippen LogP contribution in [0.1, 0.15) is 64.4 Å². The zero-order valence-corrected chi connectivity index (χ0v) is 20.8. The number of likely N-dealkylation sites (tertiary alicyclic amines) is 1. The number of nitrogens with zero attached hydrogens (tertiary/aromatic N) is 2. The Labute approximate surface area is 202 Å². The van der Waals surface area contributed by atoms with Gasteiger partial charge in [-0.1, -0.05) is 26.0 Å². The van der Waals surface area contributed by atoms with Crippen LogP contribution < -0.4 is 4.74 Å². The maximum atomic E-state index is 13.8. The molecule has 34 heavy (non-hydrogen) atoms. The largest absolute Gasteiger partial charge is 0.497 e. The van der Waals surface area contributed by atoms with Crippen LogP contribution in [-0.2, 0) is 24.5 Å². The van der Waals surface area contributed by atoms with Gasteiger partial charge in [-0.05, 0) is 61.6 Å². The van der Waals surface area contributed by atoms with E-state index in [9.17, 15) is 14.4 Å². The van der Waals surface area contributed by atoms with Crippen molar-refractivity contribution in [3.05, 3.63) is 29.8 Å². The van der Waals surface area contributed by atoms with E-state index >= 15 is 0 Å². The molecule has 4 rings (SSSR count). The van der Waals surface area contributed by atoms with Crippen molar-refractivity contribution >= 4 is 17.7 Å². The van der Waals surface area contributed by atoms with Crippen molar-refractivity contribution in [2.24, 2.45) is 11.8 Å². The lowest BCUT2D eigenvalue weighted by Crippen LogP contribution is -2.46. The van der Waals surface area contributed by atoms with E-state index < -0.39 is 5.41 Å². The number of carbonyl (C=O) groups is 3. The number of imide groups is 1. The average Bonchev–Trinajstić information content (AvgIpc) is 3.42. The summed E-state index contributed by atoms with van der Waals surface area (Å²) in [5.74, 6) is 1.07. The van der Waals surface area contributed by atoms with Crippen LogP contribution in [0.25, 0.3) is 0 Å². The van der Waals surface area contributed by atoms with Gasteiger partial charge in [-0.2, -0.15) is 0 Å². The maximum Gasteiger partial charge on any atom is 0.240 e. The van der Waals surface area contributed by atoms with Gasteiger partial charge in [0.1, 0.15) is 5.75 Å². The Morgan fingerprint density at radius 1 is 1.18 bits per heavy atom. The number of ether oxygens (including phenoxy) is 2. The van der Waals surface area contributed by atoms with Crippen LogP contribution >= 0.6 is 0 Å². The number of hydrogen-bond acceptors (Lipinski definition) is 5. The van der Waals surface area contributed by atoms with E-state index in [1.54, 1.807) is 19.2 Å². The zero-order valence-electron chi connectivity index (χ0n) is 20.8. The number of carbonyl (C=O) groups excluding carboxylic acids is 3. The first-order chi connectivity index (χ1) is 16.3. The van der Waals surface area contributed by atoms with Crippen LogP contribution in [0.4, 0.5) is 0 Å². The van der Waals surface area contributed by atoms with Gasteiger partial charge in [-0.3, -0.25) is 19.3 Å². The van der Waals surface area contributed by atoms with Crippen molar-refractivity contribution in [1.82, 2.24) is 9.80 Å². The molecule has 2 atom stereocenters. The van der Waals surface area contributed by atoms with Crippen LogP contribution in [0, 0.1) is 11.8 Å². The maximum absolute atomic E-state index is 13.8. The Hall–Kier alpha value is -2.41. The van der Waals surface area contributed by atoms with E-state index in [0.717, 1.165) is 38.7 Å². The molecule has 2 unspecified atom stereocenters. The summed E-state index contributed by atoms with van der Waals surface area (Å²) < 4.78 is 11.1. The minimum absolute atomic E-state index is 0.00151. The summed E-state index contributed by atoms with van der Waals surface area (Å²) in [6.45, 7) is 6.55. The molecule has 186 valence electrons. The molecule has 7 nitrogen and oxygen atoms in total. The van der Waals surface area contributed by atoms with E-state index in [0.29, 0.717) is 42.8 Å². The van der Waals surface area contributed by atoms with Gasteiger partial charge >= 0.3 is 0 Å². The van der Waals surface area contributed by atoms with Gasteiger partial charge in [-0.25, -0.2) is 0 Å². The standard InChI is InChI=1S/C27H38N2O5/c1-19(2)12-13-29-25(31)16-27(26(29)32,21-8-10-22(33-3)11-9-21)15-24(30)28(17-20-6-7-20)18-23-5-4-14-34-23/h8-11,19-20,23H,4-7,12-18H2,1-3H3. The highest BCUT2D eigenvalue weighted by Crippen LogP contribution is 2.41. The van der Waals surface area contributed by atoms with E-state index in [2.05, 4.69) is 13.8 Å². The molecular weight excluding hydrogens is 432 g/mol. The van der Waals surface area contributed by atoms with Crippen molar-refractivity contribution in [2.75, 3.05) is 33.4 Å². The monoisotopic (exact) mass is 470 g/mol. The van der Waals surface area contributed by atoms with Crippen molar-refractivity contribution in [3.8, 4) is 5.75 Å². The number of hydrogen-bond donors (Lipinski definition) is 0. The lowest BCUT2D eigenvalue weighted by molar-refractivity contribution is -0.143. The van der Waals surface area contributed by atoms with Crippen LogP contribution in [0.3, 0.4) is 0 Å². The molecule has 1 aromatic rings. The minimum atomic E-state index is -1.17. The van der Waals surface area contributed by atoms with Crippen molar-refractivity contribution in [2.45, 2.75) is 70.3 Å². The molecule has 2 saturated heterocycles. The van der Waals surface area contributed by atoms with Crippen molar-refractivity contribution in [1.29, 1.82) is 0 Å². The Morgan fingerprint density at radius 2 is 1.91 bits per heavy atom. The topological polar surface area (TPSA) is 76.2 Å². The highest BCUT2D eigenvalue weighted by atomic mass is 16.5. The first-order valence-electron chi connectivity index (χ1n) is 12.7. The lowest BCUT2D eigenvalue weighted by atomic mass is 9.75. The summed E-state index contributed by atoms with van der Waals surface area (Å²) in [7, 11) is 1.59. The molecule has 3 amide bonds. The molecule has 0 spiro atoms. The van der Waals surface area contributed by atoms with Gasteiger partial charge in [0.15, 0.2) is 0 Å². The fourth-order valence-electron chi connectivity index (χ4n) is 5.08. The highest BCUT2D eigenvalue weighted by Gasteiger charge is 2.54. The molecule has 1 aliphatic carbocycles. The summed E-state index contributed by atoms with van der Waals surface area (Å²) in [5, 5.41) is 0. The Morgan fingerprint density at radius 3 is 2.50 bits per heavy atom. The van der Waals surface area contributed by atoms with Crippen LogP contribution in [0.5, 0.6) is 5.75 Å². The van der Waals surface area contributed by atoms with Gasteiger partial charge in [-0.15, -0.1) is 0 Å². The summed E-state index contributed by atoms with van der Waals surface area (Å²) in [4.78, 5) is 43.9. The second kappa shape index (κ2) is 10.5. The summed E-state index contributed by atoms with van der Waals surface area (Å²) >= 11 is 0. The van der Waals surface area contributed by atoms with Crippen molar-refractivity contribution in [3.63, 3.8) is 0 Å². The second-order valence-corrected chi connectivity index (χ2v) is 10.6. The average molecular weight is 471 g/mol. The molecule has 3 fully saturated rings. The molecule has 0 radical (unpaired) electrons. The van der Waals surface area contributed by atoms with Gasteiger partial charge in [0, 0.05) is 39.1 Å². The van der Waals surface area contributed by atoms with Crippen LogP contribution in [0.2, 0.25) is 0 Å². The van der Waals surface area contributed by atoms with Gasteiger partial charge < -0.3 is 14.4 Å². The molecule has 1 aromatic carbocycles.